The molecule has 4 heteroatoms. The van der Waals surface area contributed by atoms with Crippen LogP contribution in [0.15, 0.2) is 27.8 Å². The summed E-state index contributed by atoms with van der Waals surface area (Å²) >= 11 is 0. The lowest BCUT2D eigenvalue weighted by molar-refractivity contribution is 0.329. The van der Waals surface area contributed by atoms with E-state index in [9.17, 15) is 0 Å². The molecule has 0 aliphatic heterocycles. The van der Waals surface area contributed by atoms with E-state index in [1.54, 1.807) is 6.26 Å². The number of nitrogens with one attached hydrogen (secondary N) is 2. The fraction of sp³-hybridized carbons (Fsp3) is 0.643. The van der Waals surface area contributed by atoms with Gasteiger partial charge in [-0.15, -0.1) is 0 Å². The molecule has 1 aliphatic rings. The highest BCUT2D eigenvalue weighted by Crippen LogP contribution is 2.23. The Bertz CT molecular complexity index is 364. The molecule has 2 rings (SSSR count). The first-order valence-electron chi connectivity index (χ1n) is 6.77. The van der Waals surface area contributed by atoms with E-state index in [0.29, 0.717) is 12.6 Å². The maximum Gasteiger partial charge on any atom is 0.191 e. The van der Waals surface area contributed by atoms with Crippen molar-refractivity contribution in [3.05, 3.63) is 24.2 Å². The first kappa shape index (κ1) is 13.0. The maximum atomic E-state index is 5.29. The summed E-state index contributed by atoms with van der Waals surface area (Å²) in [6.07, 6.45) is 6.79. The summed E-state index contributed by atoms with van der Waals surface area (Å²) in [6, 6.07) is 4.42. The zero-order chi connectivity index (χ0) is 12.8. The van der Waals surface area contributed by atoms with E-state index in [1.165, 1.54) is 25.7 Å². The first-order chi connectivity index (χ1) is 8.78. The van der Waals surface area contributed by atoms with Crippen molar-refractivity contribution in [3.8, 4) is 0 Å². The summed E-state index contributed by atoms with van der Waals surface area (Å²) in [5.41, 5.74) is 0. The van der Waals surface area contributed by atoms with Crippen LogP contribution in [0.25, 0.3) is 0 Å². The third-order valence-electron chi connectivity index (χ3n) is 3.59. The molecule has 0 spiro atoms. The summed E-state index contributed by atoms with van der Waals surface area (Å²) in [6.45, 7) is 3.01. The highest BCUT2D eigenvalue weighted by molar-refractivity contribution is 5.79. The second kappa shape index (κ2) is 6.47. The van der Waals surface area contributed by atoms with Gasteiger partial charge >= 0.3 is 0 Å². The number of aliphatic imine (C=N–C) groups is 1. The summed E-state index contributed by atoms with van der Waals surface area (Å²) in [5, 5.41) is 6.76. The minimum atomic E-state index is 0.559. The number of hydrogen-bond acceptors (Lipinski definition) is 2. The number of furan rings is 1. The molecular weight excluding hydrogens is 226 g/mol. The van der Waals surface area contributed by atoms with Crippen LogP contribution in [0.2, 0.25) is 0 Å². The Morgan fingerprint density at radius 1 is 1.39 bits per heavy atom. The zero-order valence-corrected chi connectivity index (χ0v) is 11.3. The number of nitrogens with zero attached hydrogens (tertiary/aromatic N) is 1. The largest absolute Gasteiger partial charge is 0.467 e. The third-order valence-corrected chi connectivity index (χ3v) is 3.59. The molecule has 1 aliphatic carbocycles. The SMILES string of the molecule is CN=C(NCc1ccco1)NC1CCC(C)CC1. The molecule has 0 radical (unpaired) electrons. The lowest BCUT2D eigenvalue weighted by atomic mass is 9.87. The van der Waals surface area contributed by atoms with Crippen molar-refractivity contribution < 1.29 is 4.42 Å². The standard InChI is InChI=1S/C14H23N3O/c1-11-5-7-12(8-6-11)17-14(15-2)16-10-13-4-3-9-18-13/h3-4,9,11-12H,5-8,10H2,1-2H3,(H2,15,16,17). The summed E-state index contributed by atoms with van der Waals surface area (Å²) in [4.78, 5) is 4.25. The minimum Gasteiger partial charge on any atom is -0.467 e. The highest BCUT2D eigenvalue weighted by Gasteiger charge is 2.18. The molecular formula is C14H23N3O. The Balaban J connectivity index is 1.75. The zero-order valence-electron chi connectivity index (χ0n) is 11.3. The topological polar surface area (TPSA) is 49.6 Å². The lowest BCUT2D eigenvalue weighted by Gasteiger charge is -2.28. The second-order valence-corrected chi connectivity index (χ2v) is 5.11. The van der Waals surface area contributed by atoms with Gasteiger partial charge in [-0.25, -0.2) is 0 Å². The Kier molecular flexibility index (Phi) is 4.67. The van der Waals surface area contributed by atoms with E-state index in [1.807, 2.05) is 19.2 Å². The number of guanidine groups is 1. The van der Waals surface area contributed by atoms with Crippen LogP contribution in [-0.4, -0.2) is 19.0 Å². The van der Waals surface area contributed by atoms with Gasteiger partial charge in [0.2, 0.25) is 0 Å². The van der Waals surface area contributed by atoms with E-state index in [0.717, 1.165) is 17.6 Å². The van der Waals surface area contributed by atoms with E-state index in [4.69, 9.17) is 4.42 Å². The molecule has 1 heterocycles. The molecule has 0 atom stereocenters. The maximum absolute atomic E-state index is 5.29. The summed E-state index contributed by atoms with van der Waals surface area (Å²) in [7, 11) is 1.81. The molecule has 2 N–H and O–H groups in total. The molecule has 18 heavy (non-hydrogen) atoms. The van der Waals surface area contributed by atoms with Gasteiger partial charge < -0.3 is 15.1 Å². The molecule has 0 aromatic carbocycles. The van der Waals surface area contributed by atoms with E-state index < -0.39 is 0 Å². The Morgan fingerprint density at radius 3 is 2.78 bits per heavy atom. The molecule has 0 saturated heterocycles. The molecule has 100 valence electrons. The average Bonchev–Trinajstić information content (AvgIpc) is 2.90. The van der Waals surface area contributed by atoms with E-state index in [2.05, 4.69) is 22.5 Å². The van der Waals surface area contributed by atoms with Crippen molar-refractivity contribution in [2.75, 3.05) is 7.05 Å². The molecule has 4 nitrogen and oxygen atoms in total. The van der Waals surface area contributed by atoms with Crippen LogP contribution in [-0.2, 0) is 6.54 Å². The molecule has 0 bridgehead atoms. The van der Waals surface area contributed by atoms with Gasteiger partial charge in [0.15, 0.2) is 5.96 Å². The van der Waals surface area contributed by atoms with Crippen LogP contribution < -0.4 is 10.6 Å². The smallest absolute Gasteiger partial charge is 0.191 e. The monoisotopic (exact) mass is 249 g/mol. The molecule has 1 aromatic heterocycles. The van der Waals surface area contributed by atoms with Gasteiger partial charge in [-0.2, -0.15) is 0 Å². The minimum absolute atomic E-state index is 0.559. The quantitative estimate of drug-likeness (QED) is 0.639. The van der Waals surface area contributed by atoms with Crippen molar-refractivity contribution in [2.45, 2.75) is 45.2 Å². The van der Waals surface area contributed by atoms with Crippen molar-refractivity contribution in [3.63, 3.8) is 0 Å². The second-order valence-electron chi connectivity index (χ2n) is 5.11. The fourth-order valence-corrected chi connectivity index (χ4v) is 2.38. The first-order valence-corrected chi connectivity index (χ1v) is 6.77. The third kappa shape index (κ3) is 3.79. The van der Waals surface area contributed by atoms with Gasteiger partial charge in [-0.1, -0.05) is 6.92 Å². The predicted octanol–water partition coefficient (Wildman–Crippen LogP) is 2.52. The Hall–Kier alpha value is -1.45. The van der Waals surface area contributed by atoms with Crippen LogP contribution in [0.1, 0.15) is 38.4 Å². The fourth-order valence-electron chi connectivity index (χ4n) is 2.38. The van der Waals surface area contributed by atoms with Gasteiger partial charge in [0, 0.05) is 13.1 Å². The van der Waals surface area contributed by atoms with Crippen LogP contribution >= 0.6 is 0 Å². The normalized spacial score (nSPS) is 24.9. The van der Waals surface area contributed by atoms with Gasteiger partial charge in [0.05, 0.1) is 12.8 Å². The molecule has 0 unspecified atom stereocenters. The molecule has 1 aromatic rings. The van der Waals surface area contributed by atoms with Crippen molar-refractivity contribution in [1.29, 1.82) is 0 Å². The number of rotatable bonds is 3. The summed E-state index contributed by atoms with van der Waals surface area (Å²) in [5.74, 6) is 2.67. The Labute approximate surface area is 109 Å². The van der Waals surface area contributed by atoms with Crippen LogP contribution in [0.5, 0.6) is 0 Å². The van der Waals surface area contributed by atoms with Crippen molar-refractivity contribution >= 4 is 5.96 Å². The summed E-state index contributed by atoms with van der Waals surface area (Å²) < 4.78 is 5.29. The lowest BCUT2D eigenvalue weighted by Crippen LogP contribution is -2.44. The predicted molar refractivity (Wildman–Crippen MR) is 73.5 cm³/mol. The van der Waals surface area contributed by atoms with Crippen molar-refractivity contribution in [2.24, 2.45) is 10.9 Å². The van der Waals surface area contributed by atoms with Crippen LogP contribution in [0.3, 0.4) is 0 Å². The van der Waals surface area contributed by atoms with Gasteiger partial charge in [-0.3, -0.25) is 4.99 Å². The molecule has 1 saturated carbocycles. The molecule has 1 fully saturated rings. The van der Waals surface area contributed by atoms with Gasteiger partial charge in [0.1, 0.15) is 5.76 Å². The van der Waals surface area contributed by atoms with Crippen molar-refractivity contribution in [1.82, 2.24) is 10.6 Å². The van der Waals surface area contributed by atoms with Crippen LogP contribution in [0.4, 0.5) is 0 Å². The highest BCUT2D eigenvalue weighted by atomic mass is 16.3. The van der Waals surface area contributed by atoms with Crippen LogP contribution in [0, 0.1) is 5.92 Å². The Morgan fingerprint density at radius 2 is 2.17 bits per heavy atom. The van der Waals surface area contributed by atoms with E-state index >= 15 is 0 Å². The van der Waals surface area contributed by atoms with Gasteiger partial charge in [0.25, 0.3) is 0 Å². The van der Waals surface area contributed by atoms with Gasteiger partial charge in [-0.05, 0) is 43.7 Å². The number of hydrogen-bond donors (Lipinski definition) is 2. The average molecular weight is 249 g/mol. The van der Waals surface area contributed by atoms with E-state index in [-0.39, 0.29) is 0 Å². The molecule has 0 amide bonds.